The summed E-state index contributed by atoms with van der Waals surface area (Å²) in [6, 6.07) is 14.0. The molecule has 0 fully saturated rings. The Bertz CT molecular complexity index is 972. The van der Waals surface area contributed by atoms with Crippen molar-refractivity contribution in [2.75, 3.05) is 0 Å². The Labute approximate surface area is 120 Å². The quantitative estimate of drug-likeness (QED) is 0.526. The Kier molecular flexibility index (Phi) is 2.54. The van der Waals surface area contributed by atoms with Gasteiger partial charge in [0.25, 0.3) is 0 Å². The first-order chi connectivity index (χ1) is 10.3. The minimum absolute atomic E-state index is 0.542. The van der Waals surface area contributed by atoms with E-state index < -0.39 is 0 Å². The molecule has 4 heteroatoms. The lowest BCUT2D eigenvalue weighted by molar-refractivity contribution is 0.111. The molecule has 0 radical (unpaired) electrons. The molecule has 3 aromatic heterocycles. The molecule has 0 N–H and O–H groups in total. The minimum atomic E-state index is 0.542. The number of benzene rings is 1. The van der Waals surface area contributed by atoms with Gasteiger partial charge in [-0.15, -0.1) is 0 Å². The smallest absolute Gasteiger partial charge is 0.168 e. The number of carbonyl (C=O) groups excluding carboxylic acids is 1. The van der Waals surface area contributed by atoms with E-state index in [1.165, 1.54) is 0 Å². The summed E-state index contributed by atoms with van der Waals surface area (Å²) < 4.78 is 1.79. The van der Waals surface area contributed by atoms with Crippen molar-refractivity contribution in [2.45, 2.75) is 0 Å². The van der Waals surface area contributed by atoms with Crippen LogP contribution in [-0.4, -0.2) is 20.7 Å². The second-order valence-electron chi connectivity index (χ2n) is 4.86. The molecule has 0 aliphatic heterocycles. The van der Waals surface area contributed by atoms with Gasteiger partial charge in [-0.3, -0.25) is 14.2 Å². The molecular weight excluding hydrogens is 262 g/mol. The predicted octanol–water partition coefficient (Wildman–Crippen LogP) is 3.36. The number of pyridine rings is 2. The Hall–Kier alpha value is -3.01. The van der Waals surface area contributed by atoms with Crippen molar-refractivity contribution in [1.82, 2.24) is 14.4 Å². The standard InChI is InChI=1S/C17H11N3O/c21-11-15-9-19-17-6-5-13(10-20(15)17)14-7-12-3-1-2-4-16(12)18-8-14/h1-11H. The first-order valence-electron chi connectivity index (χ1n) is 6.62. The van der Waals surface area contributed by atoms with E-state index in [4.69, 9.17) is 0 Å². The van der Waals surface area contributed by atoms with Crippen LogP contribution in [0.15, 0.2) is 61.1 Å². The van der Waals surface area contributed by atoms with Crippen molar-refractivity contribution >= 4 is 22.8 Å². The molecule has 4 aromatic rings. The number of aldehydes is 1. The average Bonchev–Trinajstić information content (AvgIpc) is 2.96. The van der Waals surface area contributed by atoms with E-state index in [-0.39, 0.29) is 0 Å². The zero-order chi connectivity index (χ0) is 14.2. The number of rotatable bonds is 2. The van der Waals surface area contributed by atoms with Crippen LogP contribution in [0.4, 0.5) is 0 Å². The molecule has 0 saturated carbocycles. The SMILES string of the molecule is O=Cc1cnc2ccc(-c3cnc4ccccc4c3)cn12. The number of nitrogens with zero attached hydrogens (tertiary/aromatic N) is 3. The Morgan fingerprint density at radius 2 is 1.86 bits per heavy atom. The normalized spacial score (nSPS) is 11.0. The third-order valence-corrected chi connectivity index (χ3v) is 3.58. The van der Waals surface area contributed by atoms with Gasteiger partial charge in [0.2, 0.25) is 0 Å². The first kappa shape index (κ1) is 11.8. The second-order valence-corrected chi connectivity index (χ2v) is 4.86. The number of fused-ring (bicyclic) bond motifs is 2. The molecule has 4 nitrogen and oxygen atoms in total. The van der Waals surface area contributed by atoms with Crippen LogP contribution in [0, 0.1) is 0 Å². The highest BCUT2D eigenvalue weighted by Gasteiger charge is 2.05. The highest BCUT2D eigenvalue weighted by molar-refractivity contribution is 5.83. The largest absolute Gasteiger partial charge is 0.297 e. The Balaban J connectivity index is 1.92. The van der Waals surface area contributed by atoms with E-state index in [1.54, 1.807) is 10.6 Å². The summed E-state index contributed by atoms with van der Waals surface area (Å²) in [5.74, 6) is 0. The van der Waals surface area contributed by atoms with Crippen molar-refractivity contribution in [3.05, 3.63) is 66.7 Å². The molecule has 21 heavy (non-hydrogen) atoms. The minimum Gasteiger partial charge on any atom is -0.297 e. The van der Waals surface area contributed by atoms with Crippen LogP contribution < -0.4 is 0 Å². The monoisotopic (exact) mass is 273 g/mol. The molecular formula is C17H11N3O. The summed E-state index contributed by atoms with van der Waals surface area (Å²) in [5.41, 5.74) is 4.29. The Morgan fingerprint density at radius 1 is 0.952 bits per heavy atom. The van der Waals surface area contributed by atoms with E-state index in [1.807, 2.05) is 48.8 Å². The number of hydrogen-bond acceptors (Lipinski definition) is 3. The predicted molar refractivity (Wildman–Crippen MR) is 81.3 cm³/mol. The Morgan fingerprint density at radius 3 is 2.76 bits per heavy atom. The fraction of sp³-hybridized carbons (Fsp3) is 0. The molecule has 100 valence electrons. The van der Waals surface area contributed by atoms with Gasteiger partial charge in [-0.25, -0.2) is 4.98 Å². The van der Waals surface area contributed by atoms with Crippen molar-refractivity contribution in [3.63, 3.8) is 0 Å². The highest BCUT2D eigenvalue weighted by Crippen LogP contribution is 2.23. The van der Waals surface area contributed by atoms with E-state index in [2.05, 4.69) is 16.0 Å². The summed E-state index contributed by atoms with van der Waals surface area (Å²) >= 11 is 0. The van der Waals surface area contributed by atoms with Crippen LogP contribution in [-0.2, 0) is 0 Å². The third-order valence-electron chi connectivity index (χ3n) is 3.58. The van der Waals surface area contributed by atoms with Crippen molar-refractivity contribution in [3.8, 4) is 11.1 Å². The molecule has 0 atom stereocenters. The van der Waals surface area contributed by atoms with E-state index >= 15 is 0 Å². The average molecular weight is 273 g/mol. The number of hydrogen-bond donors (Lipinski definition) is 0. The van der Waals surface area contributed by atoms with Gasteiger partial charge in [-0.2, -0.15) is 0 Å². The summed E-state index contributed by atoms with van der Waals surface area (Å²) in [5, 5.41) is 1.09. The van der Waals surface area contributed by atoms with Crippen molar-refractivity contribution in [2.24, 2.45) is 0 Å². The van der Waals surface area contributed by atoms with Crippen LogP contribution in [0.1, 0.15) is 10.5 Å². The van der Waals surface area contributed by atoms with Crippen LogP contribution in [0.5, 0.6) is 0 Å². The molecule has 0 bridgehead atoms. The van der Waals surface area contributed by atoms with Crippen LogP contribution in [0.2, 0.25) is 0 Å². The lowest BCUT2D eigenvalue weighted by atomic mass is 10.1. The zero-order valence-electron chi connectivity index (χ0n) is 11.1. The zero-order valence-corrected chi connectivity index (χ0v) is 11.1. The van der Waals surface area contributed by atoms with Gasteiger partial charge in [0, 0.05) is 28.9 Å². The number of aromatic nitrogens is 3. The molecule has 1 aromatic carbocycles. The summed E-state index contributed by atoms with van der Waals surface area (Å²) in [4.78, 5) is 19.7. The molecule has 0 spiro atoms. The maximum absolute atomic E-state index is 11.0. The maximum atomic E-state index is 11.0. The van der Waals surface area contributed by atoms with Crippen molar-refractivity contribution in [1.29, 1.82) is 0 Å². The fourth-order valence-electron chi connectivity index (χ4n) is 2.49. The third kappa shape index (κ3) is 1.89. The second kappa shape index (κ2) is 4.52. The van der Waals surface area contributed by atoms with Crippen molar-refractivity contribution < 1.29 is 4.79 Å². The number of carbonyl (C=O) groups is 1. The van der Waals surface area contributed by atoms with Gasteiger partial charge in [0.1, 0.15) is 11.3 Å². The summed E-state index contributed by atoms with van der Waals surface area (Å²) in [6.45, 7) is 0. The number of imidazole rings is 1. The molecule has 0 aliphatic rings. The van der Waals surface area contributed by atoms with Crippen LogP contribution in [0.25, 0.3) is 27.7 Å². The molecule has 0 amide bonds. The van der Waals surface area contributed by atoms with Gasteiger partial charge in [-0.05, 0) is 24.3 Å². The van der Waals surface area contributed by atoms with Gasteiger partial charge in [-0.1, -0.05) is 18.2 Å². The molecule has 0 unspecified atom stereocenters. The lowest BCUT2D eigenvalue weighted by Crippen LogP contribution is -1.92. The van der Waals surface area contributed by atoms with Crippen LogP contribution in [0.3, 0.4) is 0 Å². The molecule has 3 heterocycles. The first-order valence-corrected chi connectivity index (χ1v) is 6.62. The number of para-hydroxylation sites is 1. The molecule has 0 aliphatic carbocycles. The van der Waals surface area contributed by atoms with Gasteiger partial charge >= 0.3 is 0 Å². The van der Waals surface area contributed by atoms with Gasteiger partial charge in [0.05, 0.1) is 11.7 Å². The topological polar surface area (TPSA) is 47.3 Å². The maximum Gasteiger partial charge on any atom is 0.168 e. The van der Waals surface area contributed by atoms with E-state index in [0.29, 0.717) is 5.69 Å². The van der Waals surface area contributed by atoms with E-state index in [0.717, 1.165) is 34.0 Å². The fourth-order valence-corrected chi connectivity index (χ4v) is 2.49. The van der Waals surface area contributed by atoms with Gasteiger partial charge < -0.3 is 0 Å². The lowest BCUT2D eigenvalue weighted by Gasteiger charge is -2.05. The highest BCUT2D eigenvalue weighted by atomic mass is 16.1. The summed E-state index contributed by atoms with van der Waals surface area (Å²) in [7, 11) is 0. The van der Waals surface area contributed by atoms with Crippen LogP contribution >= 0.6 is 0 Å². The molecule has 4 rings (SSSR count). The van der Waals surface area contributed by atoms with Gasteiger partial charge in [0.15, 0.2) is 6.29 Å². The van der Waals surface area contributed by atoms with E-state index in [9.17, 15) is 4.79 Å². The summed E-state index contributed by atoms with van der Waals surface area (Å²) in [6.07, 6.45) is 6.14. The molecule has 0 saturated heterocycles.